The number of benzene rings is 5. The maximum Gasteiger partial charge on any atom is 3.00 e. The monoisotopic (exact) mass is 872 g/mol. The fraction of sp³-hybridized carbons (Fsp3) is 0.0652. The Labute approximate surface area is 322 Å². The van der Waals surface area contributed by atoms with E-state index in [0.717, 1.165) is 50.2 Å². The maximum atomic E-state index is 5.40. The van der Waals surface area contributed by atoms with E-state index in [1.807, 2.05) is 18.2 Å². The molecule has 248 valence electrons. The largest absolute Gasteiger partial charge is 3.00 e. The van der Waals surface area contributed by atoms with Crippen LogP contribution in [0, 0.1) is 12.1 Å². The number of rotatable bonds is 7. The van der Waals surface area contributed by atoms with Gasteiger partial charge in [-0.1, -0.05) is 92.2 Å². The molecule has 0 radical (unpaired) electrons. The fourth-order valence-corrected chi connectivity index (χ4v) is 8.31. The van der Waals surface area contributed by atoms with Gasteiger partial charge in [0.2, 0.25) is 0 Å². The number of fused-ring (bicyclic) bond motifs is 3. The minimum absolute atomic E-state index is 0. The summed E-state index contributed by atoms with van der Waals surface area (Å²) in [5.74, 6) is 0. The standard InChI is InChI=1S/C46H31N2S2.Au/c1-46(2,39-29-36(43-18-11-23-50-43)28-38-37-27-32(42-17-10-22-49-42)20-21-41(37)48-45(38)39)44-19-9-16-40(47-44)35-25-33(30-12-5-3-6-13-30)24-34(26-35)31-14-7-4-8-15-31;/h3-14,16-25,27-29H,1-2H3;/q-3;+3. The summed E-state index contributed by atoms with van der Waals surface area (Å²) in [5, 5.41) is 6.64. The second kappa shape index (κ2) is 13.7. The number of hydrogen-bond donors (Lipinski definition) is 0. The molecule has 0 saturated carbocycles. The third-order valence-electron chi connectivity index (χ3n) is 9.55. The molecule has 0 spiro atoms. The van der Waals surface area contributed by atoms with E-state index in [4.69, 9.17) is 9.97 Å². The van der Waals surface area contributed by atoms with Gasteiger partial charge in [-0.3, -0.25) is 4.98 Å². The molecule has 0 aliphatic heterocycles. The van der Waals surface area contributed by atoms with Gasteiger partial charge in [-0.15, -0.1) is 51.4 Å². The average molecular weight is 873 g/mol. The van der Waals surface area contributed by atoms with Crippen LogP contribution >= 0.6 is 22.7 Å². The Hall–Kier alpha value is -4.81. The molecule has 51 heavy (non-hydrogen) atoms. The van der Waals surface area contributed by atoms with Crippen molar-refractivity contribution in [3.05, 3.63) is 174 Å². The van der Waals surface area contributed by atoms with Crippen LogP contribution in [0.2, 0.25) is 0 Å². The van der Waals surface area contributed by atoms with Crippen molar-refractivity contribution in [1.82, 2.24) is 9.97 Å². The molecule has 4 heterocycles. The molecule has 0 unspecified atom stereocenters. The summed E-state index contributed by atoms with van der Waals surface area (Å²) in [6, 6.07) is 56.4. The van der Waals surface area contributed by atoms with E-state index < -0.39 is 5.41 Å². The van der Waals surface area contributed by atoms with E-state index in [0.29, 0.717) is 0 Å². The Morgan fingerprint density at radius 1 is 0.588 bits per heavy atom. The van der Waals surface area contributed by atoms with Crippen LogP contribution in [-0.2, 0) is 27.8 Å². The molecule has 5 aromatic carbocycles. The maximum absolute atomic E-state index is 5.40. The van der Waals surface area contributed by atoms with E-state index >= 15 is 0 Å². The Bertz CT molecular complexity index is 2550. The molecule has 0 aliphatic rings. The number of hydrogen-bond acceptors (Lipinski definition) is 3. The Morgan fingerprint density at radius 2 is 1.33 bits per heavy atom. The van der Waals surface area contributed by atoms with Crippen LogP contribution in [0.3, 0.4) is 0 Å². The van der Waals surface area contributed by atoms with Gasteiger partial charge in [0.05, 0.1) is 0 Å². The SMILES string of the molecule is CC(C)(c1cccc(-c2[c-]c(-c3[c-]cccc3)cc(-c3ccccc3)c2)n1)c1cc(-c2cccs2)cc2c1[n-]c1ccc(-c3cccs3)cc12.[Au+3]. The topological polar surface area (TPSA) is 27.0 Å². The molecule has 0 amide bonds. The van der Waals surface area contributed by atoms with Crippen molar-refractivity contribution in [2.45, 2.75) is 19.3 Å². The van der Waals surface area contributed by atoms with Crippen LogP contribution in [0.25, 0.3) is 76.2 Å². The number of thiophene rings is 2. The second-order valence-corrected chi connectivity index (χ2v) is 15.0. The smallest absolute Gasteiger partial charge is 0.657 e. The van der Waals surface area contributed by atoms with Crippen molar-refractivity contribution in [2.24, 2.45) is 0 Å². The Morgan fingerprint density at radius 3 is 2.08 bits per heavy atom. The van der Waals surface area contributed by atoms with E-state index in [1.165, 1.54) is 37.2 Å². The zero-order valence-corrected chi connectivity index (χ0v) is 31.7. The summed E-state index contributed by atoms with van der Waals surface area (Å²) in [6.07, 6.45) is 0. The zero-order valence-electron chi connectivity index (χ0n) is 27.9. The van der Waals surface area contributed by atoms with Crippen molar-refractivity contribution in [2.75, 3.05) is 0 Å². The molecule has 0 atom stereocenters. The molecule has 9 rings (SSSR count). The molecule has 0 saturated heterocycles. The summed E-state index contributed by atoms with van der Waals surface area (Å²) in [6.45, 7) is 4.55. The number of pyridine rings is 1. The molecule has 9 aromatic rings. The Balaban J connectivity index is 0.00000374. The molecule has 4 aromatic heterocycles. The average Bonchev–Trinajstić information content (AvgIpc) is 3.97. The van der Waals surface area contributed by atoms with E-state index in [-0.39, 0.29) is 22.4 Å². The quantitative estimate of drug-likeness (QED) is 0.118. The van der Waals surface area contributed by atoms with Crippen LogP contribution < -0.4 is 4.98 Å². The molecular formula is C46H31AuN2S2. The first-order valence-electron chi connectivity index (χ1n) is 16.7. The third-order valence-corrected chi connectivity index (χ3v) is 11.4. The first-order valence-corrected chi connectivity index (χ1v) is 18.5. The van der Waals surface area contributed by atoms with Crippen molar-refractivity contribution < 1.29 is 22.4 Å². The van der Waals surface area contributed by atoms with Crippen molar-refractivity contribution >= 4 is 44.5 Å². The third kappa shape index (κ3) is 6.24. The minimum Gasteiger partial charge on any atom is -0.657 e. The first-order chi connectivity index (χ1) is 24.5. The van der Waals surface area contributed by atoms with E-state index in [1.54, 1.807) is 22.7 Å². The van der Waals surface area contributed by atoms with Crippen molar-refractivity contribution in [3.8, 4) is 54.4 Å². The van der Waals surface area contributed by atoms with Crippen LogP contribution in [0.15, 0.2) is 150 Å². The number of aromatic nitrogens is 2. The summed E-state index contributed by atoms with van der Waals surface area (Å²) < 4.78 is 0. The van der Waals surface area contributed by atoms with Gasteiger partial charge in [0.1, 0.15) is 0 Å². The van der Waals surface area contributed by atoms with Gasteiger partial charge in [0.25, 0.3) is 0 Å². The second-order valence-electron chi connectivity index (χ2n) is 13.1. The van der Waals surface area contributed by atoms with Crippen molar-refractivity contribution in [3.63, 3.8) is 0 Å². The summed E-state index contributed by atoms with van der Waals surface area (Å²) in [4.78, 5) is 13.2. The van der Waals surface area contributed by atoms with Crippen molar-refractivity contribution in [1.29, 1.82) is 0 Å². The van der Waals surface area contributed by atoms with Crippen LogP contribution in [-0.4, -0.2) is 4.98 Å². The molecular weight excluding hydrogens is 842 g/mol. The molecule has 0 bridgehead atoms. The summed E-state index contributed by atoms with van der Waals surface area (Å²) in [7, 11) is 0. The van der Waals surface area contributed by atoms with E-state index in [9.17, 15) is 0 Å². The Kier molecular flexibility index (Phi) is 8.97. The van der Waals surface area contributed by atoms with Gasteiger partial charge >= 0.3 is 22.4 Å². The van der Waals surface area contributed by atoms with Crippen LogP contribution in [0.4, 0.5) is 0 Å². The number of nitrogens with zero attached hydrogens (tertiary/aromatic N) is 2. The van der Waals surface area contributed by atoms with Gasteiger partial charge in [0.15, 0.2) is 0 Å². The minimum atomic E-state index is -0.456. The van der Waals surface area contributed by atoms with E-state index in [2.05, 4.69) is 158 Å². The van der Waals surface area contributed by atoms with Crippen LogP contribution in [0.5, 0.6) is 0 Å². The predicted molar refractivity (Wildman–Crippen MR) is 212 cm³/mol. The van der Waals surface area contributed by atoms with Crippen LogP contribution in [0.1, 0.15) is 25.1 Å². The van der Waals surface area contributed by atoms with Gasteiger partial charge in [-0.25, -0.2) is 5.56 Å². The van der Waals surface area contributed by atoms with Gasteiger partial charge in [-0.05, 0) is 74.1 Å². The normalized spacial score (nSPS) is 11.6. The summed E-state index contributed by atoms with van der Waals surface area (Å²) >= 11 is 3.53. The first kappa shape index (κ1) is 33.3. The molecule has 5 heteroatoms. The molecule has 0 fully saturated rings. The fourth-order valence-electron chi connectivity index (χ4n) is 6.87. The van der Waals surface area contributed by atoms with Gasteiger partial charge in [-0.2, -0.15) is 42.0 Å². The summed E-state index contributed by atoms with van der Waals surface area (Å²) in [5.41, 5.74) is 12.3. The molecule has 2 nitrogen and oxygen atoms in total. The van der Waals surface area contributed by atoms with Gasteiger partial charge < -0.3 is 4.98 Å². The molecule has 0 N–H and O–H groups in total. The predicted octanol–water partition coefficient (Wildman–Crippen LogP) is 12.7. The molecule has 0 aliphatic carbocycles. The van der Waals surface area contributed by atoms with Gasteiger partial charge in [0, 0.05) is 26.6 Å². The zero-order chi connectivity index (χ0) is 33.7.